The Labute approximate surface area is 102 Å². The first-order valence-corrected chi connectivity index (χ1v) is 5.59. The maximum absolute atomic E-state index is 10.9. The molecule has 94 valence electrons. The van der Waals surface area contributed by atoms with Crippen molar-refractivity contribution in [3.63, 3.8) is 0 Å². The molecule has 0 aliphatic heterocycles. The summed E-state index contributed by atoms with van der Waals surface area (Å²) in [5.74, 6) is 1.48. The standard InChI is InChI=1S/C13H19NO3/c1-9(4-5-14)11-6-10(8-15)7-12(16-2)13(11)17-3/h6-9H,4-5,14H2,1-3H3. The lowest BCUT2D eigenvalue weighted by atomic mass is 9.94. The van der Waals surface area contributed by atoms with E-state index in [1.165, 1.54) is 0 Å². The summed E-state index contributed by atoms with van der Waals surface area (Å²) in [6, 6.07) is 3.50. The van der Waals surface area contributed by atoms with E-state index in [0.29, 0.717) is 23.6 Å². The van der Waals surface area contributed by atoms with Gasteiger partial charge in [0.25, 0.3) is 0 Å². The van der Waals surface area contributed by atoms with E-state index in [2.05, 4.69) is 6.92 Å². The number of carbonyl (C=O) groups excluding carboxylic acids is 1. The third-order valence-corrected chi connectivity index (χ3v) is 2.80. The summed E-state index contributed by atoms with van der Waals surface area (Å²) in [4.78, 5) is 10.9. The Morgan fingerprint density at radius 1 is 1.35 bits per heavy atom. The molecule has 0 aromatic heterocycles. The number of hydrogen-bond acceptors (Lipinski definition) is 4. The summed E-state index contributed by atoms with van der Waals surface area (Å²) in [6.07, 6.45) is 1.64. The number of aldehydes is 1. The quantitative estimate of drug-likeness (QED) is 0.768. The van der Waals surface area contributed by atoms with Crippen LogP contribution in [0.1, 0.15) is 35.2 Å². The van der Waals surface area contributed by atoms with Gasteiger partial charge in [-0.1, -0.05) is 6.92 Å². The van der Waals surface area contributed by atoms with Crippen molar-refractivity contribution in [3.8, 4) is 11.5 Å². The molecular weight excluding hydrogens is 218 g/mol. The highest BCUT2D eigenvalue weighted by atomic mass is 16.5. The number of carbonyl (C=O) groups is 1. The molecule has 4 heteroatoms. The third-order valence-electron chi connectivity index (χ3n) is 2.80. The lowest BCUT2D eigenvalue weighted by molar-refractivity contribution is 0.112. The molecule has 0 aliphatic rings. The lowest BCUT2D eigenvalue weighted by Gasteiger charge is -2.18. The van der Waals surface area contributed by atoms with Crippen molar-refractivity contribution in [1.82, 2.24) is 0 Å². The van der Waals surface area contributed by atoms with Crippen LogP contribution < -0.4 is 15.2 Å². The number of benzene rings is 1. The van der Waals surface area contributed by atoms with Crippen molar-refractivity contribution in [2.24, 2.45) is 5.73 Å². The number of methoxy groups -OCH3 is 2. The van der Waals surface area contributed by atoms with Crippen LogP contribution in [0.4, 0.5) is 0 Å². The van der Waals surface area contributed by atoms with Crippen LogP contribution in [0.15, 0.2) is 12.1 Å². The van der Waals surface area contributed by atoms with Crippen molar-refractivity contribution in [2.45, 2.75) is 19.3 Å². The Hall–Kier alpha value is -1.55. The Morgan fingerprint density at radius 3 is 2.53 bits per heavy atom. The average molecular weight is 237 g/mol. The minimum Gasteiger partial charge on any atom is -0.493 e. The van der Waals surface area contributed by atoms with Crippen LogP contribution >= 0.6 is 0 Å². The molecule has 0 saturated carbocycles. The molecule has 0 radical (unpaired) electrons. The van der Waals surface area contributed by atoms with Crippen LogP contribution in [-0.4, -0.2) is 27.1 Å². The zero-order chi connectivity index (χ0) is 12.8. The number of rotatable bonds is 6. The van der Waals surface area contributed by atoms with E-state index in [1.54, 1.807) is 20.3 Å². The van der Waals surface area contributed by atoms with Gasteiger partial charge < -0.3 is 15.2 Å². The molecule has 1 aromatic rings. The van der Waals surface area contributed by atoms with Gasteiger partial charge in [-0.25, -0.2) is 0 Å². The smallest absolute Gasteiger partial charge is 0.164 e. The lowest BCUT2D eigenvalue weighted by Crippen LogP contribution is -2.07. The van der Waals surface area contributed by atoms with Gasteiger partial charge in [-0.15, -0.1) is 0 Å². The van der Waals surface area contributed by atoms with E-state index in [1.807, 2.05) is 6.07 Å². The largest absolute Gasteiger partial charge is 0.493 e. The molecule has 4 nitrogen and oxygen atoms in total. The van der Waals surface area contributed by atoms with E-state index in [0.717, 1.165) is 18.3 Å². The van der Waals surface area contributed by atoms with E-state index in [-0.39, 0.29) is 5.92 Å². The zero-order valence-electron chi connectivity index (χ0n) is 10.5. The highest BCUT2D eigenvalue weighted by Crippen LogP contribution is 2.37. The maximum Gasteiger partial charge on any atom is 0.164 e. The molecule has 0 saturated heterocycles. The van der Waals surface area contributed by atoms with Gasteiger partial charge in [-0.2, -0.15) is 0 Å². The predicted octanol–water partition coefficient (Wildman–Crippen LogP) is 1.97. The summed E-state index contributed by atoms with van der Waals surface area (Å²) in [7, 11) is 3.15. The fourth-order valence-corrected chi connectivity index (χ4v) is 1.86. The number of ether oxygens (including phenoxy) is 2. The van der Waals surface area contributed by atoms with Crippen molar-refractivity contribution in [3.05, 3.63) is 23.3 Å². The second-order valence-electron chi connectivity index (χ2n) is 3.94. The first-order valence-electron chi connectivity index (χ1n) is 5.59. The number of nitrogens with two attached hydrogens (primary N) is 1. The highest BCUT2D eigenvalue weighted by Gasteiger charge is 2.16. The molecule has 0 fully saturated rings. The fourth-order valence-electron chi connectivity index (χ4n) is 1.86. The summed E-state index contributed by atoms with van der Waals surface area (Å²) in [6.45, 7) is 2.65. The normalized spacial score (nSPS) is 12.0. The monoisotopic (exact) mass is 237 g/mol. The summed E-state index contributed by atoms with van der Waals surface area (Å²) in [5.41, 5.74) is 7.10. The Balaban J connectivity index is 3.28. The van der Waals surface area contributed by atoms with Gasteiger partial charge in [0.05, 0.1) is 14.2 Å². The van der Waals surface area contributed by atoms with Crippen LogP contribution in [0.3, 0.4) is 0 Å². The number of hydrogen-bond donors (Lipinski definition) is 1. The minimum absolute atomic E-state index is 0.226. The van der Waals surface area contributed by atoms with Gasteiger partial charge in [-0.3, -0.25) is 4.79 Å². The van der Waals surface area contributed by atoms with Gasteiger partial charge in [0.15, 0.2) is 11.5 Å². The Bertz CT molecular complexity index is 390. The molecule has 0 spiro atoms. The van der Waals surface area contributed by atoms with Gasteiger partial charge >= 0.3 is 0 Å². The first-order chi connectivity index (χ1) is 8.17. The molecule has 1 rings (SSSR count). The Morgan fingerprint density at radius 2 is 2.06 bits per heavy atom. The first kappa shape index (κ1) is 13.5. The summed E-state index contributed by atoms with van der Waals surface area (Å²) < 4.78 is 10.6. The van der Waals surface area contributed by atoms with Gasteiger partial charge in [0, 0.05) is 11.1 Å². The van der Waals surface area contributed by atoms with Crippen molar-refractivity contribution in [1.29, 1.82) is 0 Å². The summed E-state index contributed by atoms with van der Waals surface area (Å²) in [5, 5.41) is 0. The molecule has 1 atom stereocenters. The maximum atomic E-state index is 10.9. The van der Waals surface area contributed by atoms with Gasteiger partial charge in [0.2, 0.25) is 0 Å². The third kappa shape index (κ3) is 2.97. The average Bonchev–Trinajstić information content (AvgIpc) is 2.37. The van der Waals surface area contributed by atoms with Crippen LogP contribution in [0.2, 0.25) is 0 Å². The summed E-state index contributed by atoms with van der Waals surface area (Å²) >= 11 is 0. The molecule has 0 aliphatic carbocycles. The molecule has 1 unspecified atom stereocenters. The molecule has 0 amide bonds. The van der Waals surface area contributed by atoms with Crippen LogP contribution in [0.25, 0.3) is 0 Å². The van der Waals surface area contributed by atoms with Crippen LogP contribution in [0.5, 0.6) is 11.5 Å². The molecule has 2 N–H and O–H groups in total. The van der Waals surface area contributed by atoms with Crippen LogP contribution in [0, 0.1) is 0 Å². The topological polar surface area (TPSA) is 61.5 Å². The second kappa shape index (κ2) is 6.25. The molecule has 17 heavy (non-hydrogen) atoms. The zero-order valence-corrected chi connectivity index (χ0v) is 10.5. The van der Waals surface area contributed by atoms with Crippen molar-refractivity contribution < 1.29 is 14.3 Å². The Kier molecular flexibility index (Phi) is 4.97. The predicted molar refractivity (Wildman–Crippen MR) is 67.0 cm³/mol. The van der Waals surface area contributed by atoms with Gasteiger partial charge in [-0.05, 0) is 31.0 Å². The minimum atomic E-state index is 0.226. The molecular formula is C13H19NO3. The fraction of sp³-hybridized carbons (Fsp3) is 0.462. The molecule has 1 aromatic carbocycles. The highest BCUT2D eigenvalue weighted by molar-refractivity contribution is 5.77. The van der Waals surface area contributed by atoms with Crippen molar-refractivity contribution >= 4 is 6.29 Å². The molecule has 0 heterocycles. The molecule has 0 bridgehead atoms. The van der Waals surface area contributed by atoms with Crippen LogP contribution in [-0.2, 0) is 0 Å². The van der Waals surface area contributed by atoms with E-state index >= 15 is 0 Å². The van der Waals surface area contributed by atoms with Gasteiger partial charge in [0.1, 0.15) is 6.29 Å². The second-order valence-corrected chi connectivity index (χ2v) is 3.94. The van der Waals surface area contributed by atoms with E-state index < -0.39 is 0 Å². The van der Waals surface area contributed by atoms with E-state index in [9.17, 15) is 4.79 Å². The van der Waals surface area contributed by atoms with Crippen molar-refractivity contribution in [2.75, 3.05) is 20.8 Å². The SMILES string of the molecule is COc1cc(C=O)cc(C(C)CCN)c1OC. The van der Waals surface area contributed by atoms with E-state index in [4.69, 9.17) is 15.2 Å².